The lowest BCUT2D eigenvalue weighted by molar-refractivity contribution is 0.812. The Hall–Kier alpha value is -1.06. The summed E-state index contributed by atoms with van der Waals surface area (Å²) in [7, 11) is 0. The zero-order chi connectivity index (χ0) is 10.1. The Balaban J connectivity index is 2.86. The lowest BCUT2D eigenvalue weighted by atomic mass is 10.3. The van der Waals surface area contributed by atoms with Gasteiger partial charge in [-0.15, -0.1) is 6.58 Å². The van der Waals surface area contributed by atoms with Crippen LogP contribution in [0, 0.1) is 5.41 Å². The fourth-order valence-corrected chi connectivity index (χ4v) is 2.68. The fourth-order valence-electron chi connectivity index (χ4n) is 1.40. The maximum Gasteiger partial charge on any atom is 0.183 e. The highest BCUT2D eigenvalue weighted by molar-refractivity contribution is 7.16. The Morgan fingerprint density at radius 1 is 1.57 bits per heavy atom. The Morgan fingerprint density at radius 3 is 3.07 bits per heavy atom. The molecule has 0 aliphatic heterocycles. The van der Waals surface area contributed by atoms with Crippen molar-refractivity contribution < 1.29 is 0 Å². The van der Waals surface area contributed by atoms with E-state index in [1.54, 1.807) is 6.08 Å². The number of hydrogen-bond donors (Lipinski definition) is 1. The number of fused-ring (bicyclic) bond motifs is 1. The largest absolute Gasteiger partial charge is 0.312 e. The number of nitrogens with zero attached hydrogens (tertiary/aromatic N) is 1. The van der Waals surface area contributed by atoms with Gasteiger partial charge in [0.2, 0.25) is 0 Å². The summed E-state index contributed by atoms with van der Waals surface area (Å²) < 4.78 is 2.90. The Labute approximate surface area is 90.6 Å². The van der Waals surface area contributed by atoms with Gasteiger partial charge in [-0.05, 0) is 12.1 Å². The molecule has 2 nitrogen and oxygen atoms in total. The molecule has 2 rings (SSSR count). The normalized spacial score (nSPS) is 10.6. The fraction of sp³-hybridized carbons (Fsp3) is 0.100. The maximum atomic E-state index is 7.77. The van der Waals surface area contributed by atoms with Crippen molar-refractivity contribution in [2.75, 3.05) is 0 Å². The van der Waals surface area contributed by atoms with E-state index in [0.717, 1.165) is 10.2 Å². The summed E-state index contributed by atoms with van der Waals surface area (Å²) in [5, 5.41) is 8.47. The molecule has 0 radical (unpaired) electrons. The summed E-state index contributed by atoms with van der Waals surface area (Å²) in [5.41, 5.74) is 0.934. The zero-order valence-electron chi connectivity index (χ0n) is 7.46. The van der Waals surface area contributed by atoms with Gasteiger partial charge < -0.3 is 4.57 Å². The average Bonchev–Trinajstić information content (AvgIpc) is 2.45. The molecule has 1 aromatic carbocycles. The third-order valence-electron chi connectivity index (χ3n) is 1.98. The molecule has 0 bridgehead atoms. The average molecular weight is 225 g/mol. The summed E-state index contributed by atoms with van der Waals surface area (Å²) >= 11 is 7.51. The standard InChI is InChI=1S/C10H9ClN2S/c1-2-6-13-9-7(11)4-3-5-8(9)14-10(13)12/h2-5,12H,1,6H2. The molecule has 0 unspecified atom stereocenters. The molecular formula is C10H9ClN2S. The predicted octanol–water partition coefficient (Wildman–Crippen LogP) is 3.02. The minimum absolute atomic E-state index is 0.507. The van der Waals surface area contributed by atoms with Crippen molar-refractivity contribution >= 4 is 33.2 Å². The van der Waals surface area contributed by atoms with E-state index in [-0.39, 0.29) is 0 Å². The molecule has 14 heavy (non-hydrogen) atoms. The molecule has 0 spiro atoms. The van der Waals surface area contributed by atoms with Crippen LogP contribution in [0.5, 0.6) is 0 Å². The van der Waals surface area contributed by atoms with Crippen LogP contribution in [0.1, 0.15) is 0 Å². The van der Waals surface area contributed by atoms with Gasteiger partial charge in [-0.3, -0.25) is 5.41 Å². The van der Waals surface area contributed by atoms with E-state index in [1.807, 2.05) is 22.8 Å². The number of allylic oxidation sites excluding steroid dienone is 1. The highest BCUT2D eigenvalue weighted by Crippen LogP contribution is 2.24. The van der Waals surface area contributed by atoms with Crippen molar-refractivity contribution in [2.24, 2.45) is 0 Å². The Kier molecular flexibility index (Phi) is 2.44. The molecule has 0 aliphatic carbocycles. The summed E-state index contributed by atoms with van der Waals surface area (Å²) in [4.78, 5) is 0.507. The van der Waals surface area contributed by atoms with E-state index in [4.69, 9.17) is 17.0 Å². The second-order valence-electron chi connectivity index (χ2n) is 2.89. The Morgan fingerprint density at radius 2 is 2.36 bits per heavy atom. The number of benzene rings is 1. The molecule has 4 heteroatoms. The summed E-state index contributed by atoms with van der Waals surface area (Å²) in [6, 6.07) is 5.72. The summed E-state index contributed by atoms with van der Waals surface area (Å²) in [6.07, 6.45) is 1.77. The first-order chi connectivity index (χ1) is 6.74. The van der Waals surface area contributed by atoms with Gasteiger partial charge in [-0.1, -0.05) is 35.1 Å². The van der Waals surface area contributed by atoms with Crippen molar-refractivity contribution in [1.29, 1.82) is 5.41 Å². The number of thiazole rings is 1. The molecule has 0 atom stereocenters. The SMILES string of the molecule is C=CCn1c(=N)sc2cccc(Cl)c21. The Bertz CT molecular complexity index is 539. The van der Waals surface area contributed by atoms with Crippen LogP contribution >= 0.6 is 22.9 Å². The topological polar surface area (TPSA) is 28.8 Å². The zero-order valence-corrected chi connectivity index (χ0v) is 9.03. The van der Waals surface area contributed by atoms with Crippen LogP contribution in [0.2, 0.25) is 5.02 Å². The van der Waals surface area contributed by atoms with Gasteiger partial charge >= 0.3 is 0 Å². The van der Waals surface area contributed by atoms with Gasteiger partial charge in [0.25, 0.3) is 0 Å². The molecule has 2 aromatic rings. The third-order valence-corrected chi connectivity index (χ3v) is 3.25. The molecule has 1 aromatic heterocycles. The van der Waals surface area contributed by atoms with Crippen molar-refractivity contribution in [3.8, 4) is 0 Å². The monoisotopic (exact) mass is 224 g/mol. The van der Waals surface area contributed by atoms with E-state index < -0.39 is 0 Å². The van der Waals surface area contributed by atoms with Crippen molar-refractivity contribution in [2.45, 2.75) is 6.54 Å². The minimum Gasteiger partial charge on any atom is -0.312 e. The maximum absolute atomic E-state index is 7.77. The first-order valence-corrected chi connectivity index (χ1v) is 5.37. The quantitative estimate of drug-likeness (QED) is 0.760. The third kappa shape index (κ3) is 1.38. The first-order valence-electron chi connectivity index (χ1n) is 4.17. The molecule has 1 N–H and O–H groups in total. The second kappa shape index (κ2) is 3.59. The second-order valence-corrected chi connectivity index (χ2v) is 4.33. The van der Waals surface area contributed by atoms with E-state index in [9.17, 15) is 0 Å². The lowest BCUT2D eigenvalue weighted by Crippen LogP contribution is -2.11. The van der Waals surface area contributed by atoms with Gasteiger partial charge in [-0.2, -0.15) is 0 Å². The minimum atomic E-state index is 0.507. The molecule has 72 valence electrons. The van der Waals surface area contributed by atoms with Crippen LogP contribution in [0.25, 0.3) is 10.2 Å². The number of nitrogens with one attached hydrogen (secondary N) is 1. The van der Waals surface area contributed by atoms with Crippen LogP contribution in [-0.2, 0) is 6.54 Å². The number of hydrogen-bond acceptors (Lipinski definition) is 2. The molecule has 0 aliphatic rings. The molecule has 0 fully saturated rings. The number of rotatable bonds is 2. The van der Waals surface area contributed by atoms with Crippen LogP contribution in [0.15, 0.2) is 30.9 Å². The number of para-hydroxylation sites is 1. The van der Waals surface area contributed by atoms with Gasteiger partial charge in [-0.25, -0.2) is 0 Å². The molecule has 0 saturated heterocycles. The highest BCUT2D eigenvalue weighted by atomic mass is 35.5. The number of halogens is 1. The molecule has 0 amide bonds. The van der Waals surface area contributed by atoms with Crippen molar-refractivity contribution in [3.63, 3.8) is 0 Å². The summed E-state index contributed by atoms with van der Waals surface area (Å²) in [6.45, 7) is 4.30. The highest BCUT2D eigenvalue weighted by Gasteiger charge is 2.06. The van der Waals surface area contributed by atoms with E-state index in [2.05, 4.69) is 6.58 Å². The summed E-state index contributed by atoms with van der Waals surface area (Å²) in [5.74, 6) is 0. The first kappa shape index (κ1) is 9.49. The van der Waals surface area contributed by atoms with Crippen LogP contribution in [0.3, 0.4) is 0 Å². The lowest BCUT2D eigenvalue weighted by Gasteiger charge is -2.01. The van der Waals surface area contributed by atoms with E-state index in [1.165, 1.54) is 11.3 Å². The van der Waals surface area contributed by atoms with Crippen LogP contribution < -0.4 is 4.80 Å². The smallest absolute Gasteiger partial charge is 0.183 e. The van der Waals surface area contributed by atoms with Gasteiger partial charge in [0.15, 0.2) is 4.80 Å². The van der Waals surface area contributed by atoms with E-state index in [0.29, 0.717) is 16.4 Å². The molecular weight excluding hydrogens is 216 g/mol. The predicted molar refractivity (Wildman–Crippen MR) is 60.9 cm³/mol. The number of aromatic nitrogens is 1. The van der Waals surface area contributed by atoms with E-state index >= 15 is 0 Å². The van der Waals surface area contributed by atoms with Crippen LogP contribution in [-0.4, -0.2) is 4.57 Å². The van der Waals surface area contributed by atoms with Gasteiger partial charge in [0.1, 0.15) is 0 Å². The van der Waals surface area contributed by atoms with Gasteiger partial charge in [0.05, 0.1) is 15.2 Å². The van der Waals surface area contributed by atoms with Crippen LogP contribution in [0.4, 0.5) is 0 Å². The van der Waals surface area contributed by atoms with Crippen molar-refractivity contribution in [3.05, 3.63) is 40.7 Å². The van der Waals surface area contributed by atoms with Crippen molar-refractivity contribution in [1.82, 2.24) is 4.57 Å². The molecule has 1 heterocycles. The van der Waals surface area contributed by atoms with Gasteiger partial charge in [0, 0.05) is 6.54 Å². The molecule has 0 saturated carbocycles.